The van der Waals surface area contributed by atoms with Crippen LogP contribution < -0.4 is 10.1 Å². The van der Waals surface area contributed by atoms with Crippen LogP contribution in [0, 0.1) is 0 Å². The van der Waals surface area contributed by atoms with E-state index in [1.807, 2.05) is 59.2 Å². The van der Waals surface area contributed by atoms with Crippen molar-refractivity contribution in [3.05, 3.63) is 89.7 Å². The van der Waals surface area contributed by atoms with Gasteiger partial charge in [0.25, 0.3) is 0 Å². The van der Waals surface area contributed by atoms with Crippen LogP contribution in [-0.2, 0) is 17.9 Å². The number of halogens is 1. The topological polar surface area (TPSA) is 69.0 Å². The van der Waals surface area contributed by atoms with E-state index in [4.69, 9.17) is 4.74 Å². The van der Waals surface area contributed by atoms with E-state index >= 15 is 0 Å². The number of aromatic nitrogens is 3. The predicted molar refractivity (Wildman–Crippen MR) is 132 cm³/mol. The zero-order valence-electron chi connectivity index (χ0n) is 17.2. The first-order valence-corrected chi connectivity index (χ1v) is 11.7. The molecule has 0 spiro atoms. The Morgan fingerprint density at radius 2 is 1.88 bits per heavy atom. The van der Waals surface area contributed by atoms with Crippen molar-refractivity contribution in [1.82, 2.24) is 14.8 Å². The predicted octanol–water partition coefficient (Wildman–Crippen LogP) is 5.69. The number of anilines is 1. The molecule has 162 valence electrons. The quantitative estimate of drug-likeness (QED) is 0.232. The van der Waals surface area contributed by atoms with E-state index in [0.717, 1.165) is 26.7 Å². The molecule has 4 rings (SSSR count). The minimum Gasteiger partial charge on any atom is -0.485 e. The summed E-state index contributed by atoms with van der Waals surface area (Å²) in [7, 11) is 0. The van der Waals surface area contributed by atoms with Crippen molar-refractivity contribution in [2.24, 2.45) is 0 Å². The molecule has 1 amide bonds. The van der Waals surface area contributed by atoms with E-state index < -0.39 is 0 Å². The second kappa shape index (κ2) is 10.5. The molecule has 4 aromatic rings. The Hall–Kier alpha value is -3.10. The van der Waals surface area contributed by atoms with Crippen LogP contribution in [0.3, 0.4) is 0 Å². The lowest BCUT2D eigenvalue weighted by Gasteiger charge is -2.11. The van der Waals surface area contributed by atoms with Crippen LogP contribution in [-0.4, -0.2) is 26.4 Å². The van der Waals surface area contributed by atoms with E-state index in [-0.39, 0.29) is 18.3 Å². The Bertz CT molecular complexity index is 1240. The molecule has 0 unspecified atom stereocenters. The summed E-state index contributed by atoms with van der Waals surface area (Å²) in [6.07, 6.45) is 1.77. The molecule has 0 aliphatic carbocycles. The highest BCUT2D eigenvalue weighted by molar-refractivity contribution is 9.10. The van der Waals surface area contributed by atoms with E-state index in [1.54, 1.807) is 6.08 Å². The van der Waals surface area contributed by atoms with Gasteiger partial charge in [0.15, 0.2) is 11.0 Å². The summed E-state index contributed by atoms with van der Waals surface area (Å²) in [5.41, 5.74) is 0.746. The second-order valence-corrected chi connectivity index (χ2v) is 8.77. The maximum absolute atomic E-state index is 12.3. The molecule has 0 fully saturated rings. The monoisotopic (exact) mass is 508 g/mol. The van der Waals surface area contributed by atoms with Crippen molar-refractivity contribution >= 4 is 50.1 Å². The standard InChI is InChI=1S/C24H21BrN4O2S/c1-2-14-29-22(15-31-21-9-5-7-17-6-3-4-8-20(17)21)27-28-24(29)32-16-23(30)26-19-12-10-18(25)11-13-19/h2-13H,1,14-16H2,(H,26,30). The maximum Gasteiger partial charge on any atom is 0.234 e. The minimum absolute atomic E-state index is 0.112. The Labute approximate surface area is 198 Å². The molecule has 8 heteroatoms. The number of nitrogens with one attached hydrogen (secondary N) is 1. The number of nitrogens with zero attached hydrogens (tertiary/aromatic N) is 3. The molecular weight excluding hydrogens is 488 g/mol. The molecule has 1 heterocycles. The van der Waals surface area contributed by atoms with Crippen LogP contribution >= 0.6 is 27.7 Å². The number of benzene rings is 3. The van der Waals surface area contributed by atoms with Crippen molar-refractivity contribution in [2.75, 3.05) is 11.1 Å². The van der Waals surface area contributed by atoms with E-state index in [9.17, 15) is 4.79 Å². The molecule has 32 heavy (non-hydrogen) atoms. The summed E-state index contributed by atoms with van der Waals surface area (Å²) in [6, 6.07) is 21.5. The van der Waals surface area contributed by atoms with E-state index in [1.165, 1.54) is 11.8 Å². The molecule has 0 saturated carbocycles. The van der Waals surface area contributed by atoms with Crippen molar-refractivity contribution in [3.8, 4) is 5.75 Å². The van der Waals surface area contributed by atoms with Gasteiger partial charge < -0.3 is 10.1 Å². The first-order valence-electron chi connectivity index (χ1n) is 9.96. The average Bonchev–Trinajstić information content (AvgIpc) is 3.19. The summed E-state index contributed by atoms with van der Waals surface area (Å²) in [5, 5.41) is 14.2. The summed E-state index contributed by atoms with van der Waals surface area (Å²) in [6.45, 7) is 4.62. The zero-order chi connectivity index (χ0) is 22.3. The first-order chi connectivity index (χ1) is 15.6. The average molecular weight is 509 g/mol. The van der Waals surface area contributed by atoms with Gasteiger partial charge in [0.05, 0.1) is 5.75 Å². The molecule has 0 bridgehead atoms. The van der Waals surface area contributed by atoms with Crippen LogP contribution in [0.25, 0.3) is 10.8 Å². The van der Waals surface area contributed by atoms with Gasteiger partial charge in [0.1, 0.15) is 12.4 Å². The molecule has 0 radical (unpaired) electrons. The number of fused-ring (bicyclic) bond motifs is 1. The lowest BCUT2D eigenvalue weighted by molar-refractivity contribution is -0.113. The van der Waals surface area contributed by atoms with Gasteiger partial charge in [-0.15, -0.1) is 16.8 Å². The highest BCUT2D eigenvalue weighted by Crippen LogP contribution is 2.26. The number of carbonyl (C=O) groups excluding carboxylic acids is 1. The number of rotatable bonds is 9. The highest BCUT2D eigenvalue weighted by atomic mass is 79.9. The summed E-state index contributed by atoms with van der Waals surface area (Å²) < 4.78 is 8.94. The van der Waals surface area contributed by atoms with Crippen molar-refractivity contribution in [2.45, 2.75) is 18.3 Å². The normalized spacial score (nSPS) is 10.8. The summed E-state index contributed by atoms with van der Waals surface area (Å²) in [5.74, 6) is 1.57. The van der Waals surface area contributed by atoms with Crippen LogP contribution in [0.15, 0.2) is 89.0 Å². The van der Waals surface area contributed by atoms with Gasteiger partial charge in [-0.1, -0.05) is 70.2 Å². The van der Waals surface area contributed by atoms with Gasteiger partial charge in [-0.05, 0) is 35.7 Å². The van der Waals surface area contributed by atoms with Gasteiger partial charge in [0, 0.05) is 22.1 Å². The number of allylic oxidation sites excluding steroid dienone is 1. The van der Waals surface area contributed by atoms with Gasteiger partial charge in [0.2, 0.25) is 5.91 Å². The number of amides is 1. The van der Waals surface area contributed by atoms with Crippen LogP contribution in [0.4, 0.5) is 5.69 Å². The largest absolute Gasteiger partial charge is 0.485 e. The van der Waals surface area contributed by atoms with Crippen molar-refractivity contribution in [3.63, 3.8) is 0 Å². The SMILES string of the molecule is C=CCn1c(COc2cccc3ccccc23)nnc1SCC(=O)Nc1ccc(Br)cc1. The molecule has 3 aromatic carbocycles. The Kier molecular flexibility index (Phi) is 7.24. The minimum atomic E-state index is -0.112. The first kappa shape index (κ1) is 22.1. The molecule has 6 nitrogen and oxygen atoms in total. The lowest BCUT2D eigenvalue weighted by atomic mass is 10.1. The molecular formula is C24H21BrN4O2S. The molecule has 0 atom stereocenters. The summed E-state index contributed by atoms with van der Waals surface area (Å²) in [4.78, 5) is 12.3. The Morgan fingerprint density at radius 1 is 1.09 bits per heavy atom. The van der Waals surface area contributed by atoms with E-state index in [0.29, 0.717) is 17.5 Å². The number of hydrogen-bond acceptors (Lipinski definition) is 5. The number of hydrogen-bond donors (Lipinski definition) is 1. The Morgan fingerprint density at radius 3 is 2.69 bits per heavy atom. The molecule has 1 aromatic heterocycles. The molecule has 1 N–H and O–H groups in total. The number of carbonyl (C=O) groups is 1. The third-order valence-corrected chi connectivity index (χ3v) is 6.17. The van der Waals surface area contributed by atoms with Crippen LogP contribution in [0.2, 0.25) is 0 Å². The van der Waals surface area contributed by atoms with Gasteiger partial charge >= 0.3 is 0 Å². The third kappa shape index (κ3) is 5.38. The summed E-state index contributed by atoms with van der Waals surface area (Å²) >= 11 is 4.71. The molecule has 0 saturated heterocycles. The van der Waals surface area contributed by atoms with Gasteiger partial charge in [-0.2, -0.15) is 0 Å². The highest BCUT2D eigenvalue weighted by Gasteiger charge is 2.15. The van der Waals surface area contributed by atoms with Crippen molar-refractivity contribution < 1.29 is 9.53 Å². The fourth-order valence-electron chi connectivity index (χ4n) is 3.17. The maximum atomic E-state index is 12.3. The molecule has 0 aliphatic rings. The van der Waals surface area contributed by atoms with Gasteiger partial charge in [-0.3, -0.25) is 9.36 Å². The van der Waals surface area contributed by atoms with Crippen LogP contribution in [0.1, 0.15) is 5.82 Å². The fourth-order valence-corrected chi connectivity index (χ4v) is 4.20. The second-order valence-electron chi connectivity index (χ2n) is 6.91. The number of thioether (sulfide) groups is 1. The number of ether oxygens (including phenoxy) is 1. The third-order valence-electron chi connectivity index (χ3n) is 4.67. The fraction of sp³-hybridized carbons (Fsp3) is 0.125. The van der Waals surface area contributed by atoms with Gasteiger partial charge in [-0.25, -0.2) is 0 Å². The van der Waals surface area contributed by atoms with Crippen molar-refractivity contribution in [1.29, 1.82) is 0 Å². The van der Waals surface area contributed by atoms with E-state index in [2.05, 4.69) is 50.2 Å². The molecule has 0 aliphatic heterocycles. The van der Waals surface area contributed by atoms with Crippen LogP contribution in [0.5, 0.6) is 5.75 Å². The lowest BCUT2D eigenvalue weighted by Crippen LogP contribution is -2.15. The Balaban J connectivity index is 1.42. The smallest absolute Gasteiger partial charge is 0.234 e. The zero-order valence-corrected chi connectivity index (χ0v) is 19.6.